The molecule has 1 amide bonds. The van der Waals surface area contributed by atoms with Gasteiger partial charge >= 0.3 is 0 Å². The summed E-state index contributed by atoms with van der Waals surface area (Å²) in [6.07, 6.45) is 11.3. The van der Waals surface area contributed by atoms with E-state index in [1.165, 1.54) is 19.3 Å². The molecule has 0 aromatic rings. The molecule has 3 nitrogen and oxygen atoms in total. The van der Waals surface area contributed by atoms with Crippen LogP contribution in [0.25, 0.3) is 0 Å². The average molecular weight is 270 g/mol. The van der Waals surface area contributed by atoms with Crippen LogP contribution in [0.4, 0.5) is 0 Å². The first-order valence-corrected chi connectivity index (χ1v) is 8.58. The van der Waals surface area contributed by atoms with E-state index in [1.54, 1.807) is 0 Å². The Labute approximate surface area is 115 Å². The summed E-state index contributed by atoms with van der Waals surface area (Å²) in [7, 11) is 0. The van der Waals surface area contributed by atoms with Crippen LogP contribution in [0.5, 0.6) is 0 Å². The Balaban J connectivity index is 1.82. The third kappa shape index (κ3) is 3.64. The molecule has 2 aliphatic rings. The van der Waals surface area contributed by atoms with Crippen molar-refractivity contribution < 1.29 is 4.79 Å². The molecule has 104 valence electrons. The third-order valence-electron chi connectivity index (χ3n) is 4.46. The Morgan fingerprint density at radius 1 is 1.17 bits per heavy atom. The number of nitrogens with one attached hydrogen (secondary N) is 1. The van der Waals surface area contributed by atoms with Gasteiger partial charge in [0, 0.05) is 17.3 Å². The van der Waals surface area contributed by atoms with Crippen LogP contribution >= 0.6 is 11.8 Å². The first-order chi connectivity index (χ1) is 8.70. The summed E-state index contributed by atoms with van der Waals surface area (Å²) in [5.74, 6) is 0.280. The zero-order chi connectivity index (χ0) is 13.0. The van der Waals surface area contributed by atoms with Crippen LogP contribution in [0.1, 0.15) is 51.4 Å². The molecule has 2 saturated carbocycles. The van der Waals surface area contributed by atoms with E-state index in [4.69, 9.17) is 5.73 Å². The first kappa shape index (κ1) is 14.2. The third-order valence-corrected chi connectivity index (χ3v) is 5.56. The molecule has 4 heteroatoms. The molecule has 0 spiro atoms. The molecule has 18 heavy (non-hydrogen) atoms. The predicted octanol–water partition coefficient (Wildman–Crippen LogP) is 2.29. The highest BCUT2D eigenvalue weighted by atomic mass is 32.2. The number of rotatable bonds is 3. The topological polar surface area (TPSA) is 55.1 Å². The molecular weight excluding hydrogens is 244 g/mol. The molecular formula is C14H26N2OS. The van der Waals surface area contributed by atoms with Crippen LogP contribution in [-0.2, 0) is 4.79 Å². The SMILES string of the molecule is CSC1CCCC(NC(=O)C2CCCCC2N)C1. The summed E-state index contributed by atoms with van der Waals surface area (Å²) >= 11 is 1.94. The van der Waals surface area contributed by atoms with Gasteiger partial charge in [-0.2, -0.15) is 11.8 Å². The van der Waals surface area contributed by atoms with Gasteiger partial charge in [0.05, 0.1) is 5.92 Å². The number of thioether (sulfide) groups is 1. The molecule has 0 aromatic carbocycles. The Hall–Kier alpha value is -0.220. The number of carbonyl (C=O) groups excluding carboxylic acids is 1. The predicted molar refractivity (Wildman–Crippen MR) is 77.6 cm³/mol. The summed E-state index contributed by atoms with van der Waals surface area (Å²) < 4.78 is 0. The molecule has 2 rings (SSSR count). The van der Waals surface area contributed by atoms with Gasteiger partial charge in [0.15, 0.2) is 0 Å². The largest absolute Gasteiger partial charge is 0.353 e. The minimum absolute atomic E-state index is 0.0633. The van der Waals surface area contributed by atoms with Crippen molar-refractivity contribution in [1.29, 1.82) is 0 Å². The fraction of sp³-hybridized carbons (Fsp3) is 0.929. The molecule has 3 N–H and O–H groups in total. The van der Waals surface area contributed by atoms with Gasteiger partial charge in [-0.25, -0.2) is 0 Å². The molecule has 2 fully saturated rings. The minimum Gasteiger partial charge on any atom is -0.353 e. The van der Waals surface area contributed by atoms with Gasteiger partial charge in [-0.1, -0.05) is 19.3 Å². The van der Waals surface area contributed by atoms with Crippen molar-refractivity contribution >= 4 is 17.7 Å². The van der Waals surface area contributed by atoms with Gasteiger partial charge < -0.3 is 11.1 Å². The average Bonchev–Trinajstić information content (AvgIpc) is 2.39. The molecule has 4 unspecified atom stereocenters. The maximum atomic E-state index is 12.3. The van der Waals surface area contributed by atoms with Gasteiger partial charge in [-0.05, 0) is 38.4 Å². The van der Waals surface area contributed by atoms with Gasteiger partial charge in [-0.15, -0.1) is 0 Å². The highest BCUT2D eigenvalue weighted by molar-refractivity contribution is 7.99. The van der Waals surface area contributed by atoms with Crippen molar-refractivity contribution in [3.05, 3.63) is 0 Å². The summed E-state index contributed by atoms with van der Waals surface area (Å²) in [4.78, 5) is 12.3. The fourth-order valence-electron chi connectivity index (χ4n) is 3.28. The van der Waals surface area contributed by atoms with Crippen molar-refractivity contribution in [2.24, 2.45) is 11.7 Å². The first-order valence-electron chi connectivity index (χ1n) is 7.29. The lowest BCUT2D eigenvalue weighted by atomic mass is 9.84. The van der Waals surface area contributed by atoms with Crippen LogP contribution < -0.4 is 11.1 Å². The second-order valence-electron chi connectivity index (χ2n) is 5.78. The van der Waals surface area contributed by atoms with E-state index in [0.717, 1.165) is 37.4 Å². The standard InChI is InChI=1S/C14H26N2OS/c1-18-11-6-4-5-10(9-11)16-14(17)12-7-2-3-8-13(12)15/h10-13H,2-9,15H2,1H3,(H,16,17). The molecule has 0 bridgehead atoms. The summed E-state index contributed by atoms with van der Waals surface area (Å²) in [6.45, 7) is 0. The van der Waals surface area contributed by atoms with Crippen LogP contribution in [0.2, 0.25) is 0 Å². The Morgan fingerprint density at radius 3 is 2.67 bits per heavy atom. The van der Waals surface area contributed by atoms with E-state index >= 15 is 0 Å². The summed E-state index contributed by atoms with van der Waals surface area (Å²) in [5.41, 5.74) is 6.07. The zero-order valence-corrected chi connectivity index (χ0v) is 12.2. The van der Waals surface area contributed by atoms with E-state index in [-0.39, 0.29) is 17.9 Å². The molecule has 2 aliphatic carbocycles. The smallest absolute Gasteiger partial charge is 0.224 e. The van der Waals surface area contributed by atoms with Gasteiger partial charge in [0.2, 0.25) is 5.91 Å². The van der Waals surface area contributed by atoms with E-state index in [0.29, 0.717) is 6.04 Å². The van der Waals surface area contributed by atoms with E-state index in [9.17, 15) is 4.79 Å². The summed E-state index contributed by atoms with van der Waals surface area (Å²) in [6, 6.07) is 0.469. The van der Waals surface area contributed by atoms with Crippen LogP contribution in [0.3, 0.4) is 0 Å². The molecule has 0 aromatic heterocycles. The lowest BCUT2D eigenvalue weighted by Gasteiger charge is -2.32. The Kier molecular flexibility index (Phi) is 5.37. The highest BCUT2D eigenvalue weighted by Crippen LogP contribution is 2.28. The van der Waals surface area contributed by atoms with Gasteiger partial charge in [0.25, 0.3) is 0 Å². The maximum Gasteiger partial charge on any atom is 0.224 e. The van der Waals surface area contributed by atoms with Crippen molar-refractivity contribution in [2.75, 3.05) is 6.26 Å². The van der Waals surface area contributed by atoms with E-state index in [2.05, 4.69) is 11.6 Å². The van der Waals surface area contributed by atoms with Crippen LogP contribution in [0.15, 0.2) is 0 Å². The summed E-state index contributed by atoms with van der Waals surface area (Å²) in [5, 5.41) is 3.98. The number of hydrogen-bond donors (Lipinski definition) is 2. The minimum atomic E-state index is 0.0633. The molecule has 0 radical (unpaired) electrons. The molecule has 0 aliphatic heterocycles. The number of nitrogens with two attached hydrogens (primary N) is 1. The Morgan fingerprint density at radius 2 is 1.94 bits per heavy atom. The highest BCUT2D eigenvalue weighted by Gasteiger charge is 2.30. The van der Waals surface area contributed by atoms with Crippen LogP contribution in [0, 0.1) is 5.92 Å². The zero-order valence-electron chi connectivity index (χ0n) is 11.4. The van der Waals surface area contributed by atoms with Crippen molar-refractivity contribution in [3.63, 3.8) is 0 Å². The van der Waals surface area contributed by atoms with E-state index < -0.39 is 0 Å². The monoisotopic (exact) mass is 270 g/mol. The second-order valence-corrected chi connectivity index (χ2v) is 6.92. The number of carbonyl (C=O) groups is 1. The maximum absolute atomic E-state index is 12.3. The van der Waals surface area contributed by atoms with Crippen molar-refractivity contribution in [2.45, 2.75) is 68.7 Å². The fourth-order valence-corrected chi connectivity index (χ4v) is 4.11. The van der Waals surface area contributed by atoms with Crippen LogP contribution in [-0.4, -0.2) is 29.5 Å². The normalized spacial score (nSPS) is 37.2. The van der Waals surface area contributed by atoms with E-state index in [1.807, 2.05) is 11.8 Å². The lowest BCUT2D eigenvalue weighted by Crippen LogP contribution is -2.48. The number of hydrogen-bond acceptors (Lipinski definition) is 3. The quantitative estimate of drug-likeness (QED) is 0.827. The van der Waals surface area contributed by atoms with Gasteiger partial charge in [0.1, 0.15) is 0 Å². The van der Waals surface area contributed by atoms with Crippen molar-refractivity contribution in [1.82, 2.24) is 5.32 Å². The molecule has 0 heterocycles. The van der Waals surface area contributed by atoms with Crippen molar-refractivity contribution in [3.8, 4) is 0 Å². The number of amides is 1. The molecule has 4 atom stereocenters. The lowest BCUT2D eigenvalue weighted by molar-refractivity contribution is -0.127. The Bertz CT molecular complexity index is 285. The second kappa shape index (κ2) is 6.80. The molecule has 0 saturated heterocycles. The van der Waals surface area contributed by atoms with Gasteiger partial charge in [-0.3, -0.25) is 4.79 Å².